The number of phenolic OH excluding ortho intramolecular Hbond substituents is 1. The van der Waals surface area contributed by atoms with Gasteiger partial charge in [-0.05, 0) is 38.0 Å². The maximum Gasteiger partial charge on any atom is 0.255 e. The number of carbonyl (C=O) groups is 1. The molecule has 0 radical (unpaired) electrons. The van der Waals surface area contributed by atoms with Crippen LogP contribution in [0.25, 0.3) is 0 Å². The van der Waals surface area contributed by atoms with Crippen molar-refractivity contribution >= 4 is 5.91 Å². The standard InChI is InChI=1S/C13H19NO3/c1-3-17-8-4-7-14-13(16)11-6-5-10(2)9-12(11)15/h5-6,9,15H,3-4,7-8H2,1-2H3,(H,14,16). The van der Waals surface area contributed by atoms with Gasteiger partial charge in [0.15, 0.2) is 0 Å². The number of hydrogen-bond donors (Lipinski definition) is 2. The summed E-state index contributed by atoms with van der Waals surface area (Å²) in [5.41, 5.74) is 1.24. The molecule has 0 aliphatic heterocycles. The number of phenols is 1. The van der Waals surface area contributed by atoms with E-state index in [-0.39, 0.29) is 11.7 Å². The highest BCUT2D eigenvalue weighted by Crippen LogP contribution is 2.17. The molecule has 0 atom stereocenters. The largest absolute Gasteiger partial charge is 0.507 e. The summed E-state index contributed by atoms with van der Waals surface area (Å²) in [6.07, 6.45) is 0.770. The third-order valence-electron chi connectivity index (χ3n) is 2.35. The van der Waals surface area contributed by atoms with E-state index in [1.807, 2.05) is 13.8 Å². The zero-order valence-electron chi connectivity index (χ0n) is 10.3. The average molecular weight is 237 g/mol. The van der Waals surface area contributed by atoms with Gasteiger partial charge in [0.05, 0.1) is 5.56 Å². The Labute approximate surface area is 102 Å². The molecule has 1 aromatic rings. The summed E-state index contributed by atoms with van der Waals surface area (Å²) in [7, 11) is 0. The minimum atomic E-state index is -0.251. The first-order valence-corrected chi connectivity index (χ1v) is 5.80. The van der Waals surface area contributed by atoms with E-state index in [0.29, 0.717) is 25.3 Å². The van der Waals surface area contributed by atoms with E-state index in [1.54, 1.807) is 18.2 Å². The second-order valence-electron chi connectivity index (χ2n) is 3.83. The van der Waals surface area contributed by atoms with Crippen LogP contribution in [0, 0.1) is 6.92 Å². The molecule has 1 amide bonds. The van der Waals surface area contributed by atoms with Gasteiger partial charge in [0.2, 0.25) is 0 Å². The number of hydrogen-bond acceptors (Lipinski definition) is 3. The molecule has 4 heteroatoms. The molecule has 0 heterocycles. The van der Waals surface area contributed by atoms with Crippen molar-refractivity contribution in [3.63, 3.8) is 0 Å². The molecule has 0 unspecified atom stereocenters. The molecular weight excluding hydrogens is 218 g/mol. The maximum absolute atomic E-state index is 11.7. The number of aromatic hydroxyl groups is 1. The molecule has 0 bridgehead atoms. The molecule has 0 saturated heterocycles. The highest BCUT2D eigenvalue weighted by Gasteiger charge is 2.09. The van der Waals surface area contributed by atoms with Crippen LogP contribution in [0.1, 0.15) is 29.3 Å². The van der Waals surface area contributed by atoms with E-state index < -0.39 is 0 Å². The van der Waals surface area contributed by atoms with E-state index in [0.717, 1.165) is 12.0 Å². The first kappa shape index (κ1) is 13.5. The normalized spacial score (nSPS) is 10.2. The summed E-state index contributed by atoms with van der Waals surface area (Å²) in [6, 6.07) is 5.01. The fourth-order valence-electron chi connectivity index (χ4n) is 1.45. The Morgan fingerprint density at radius 2 is 2.24 bits per heavy atom. The SMILES string of the molecule is CCOCCCNC(=O)c1ccc(C)cc1O. The molecule has 4 nitrogen and oxygen atoms in total. The van der Waals surface area contributed by atoms with Crippen molar-refractivity contribution < 1.29 is 14.6 Å². The second kappa shape index (κ2) is 6.91. The fraction of sp³-hybridized carbons (Fsp3) is 0.462. The van der Waals surface area contributed by atoms with Crippen molar-refractivity contribution in [1.82, 2.24) is 5.32 Å². The van der Waals surface area contributed by atoms with Crippen LogP contribution in [0.2, 0.25) is 0 Å². The van der Waals surface area contributed by atoms with Crippen molar-refractivity contribution in [3.05, 3.63) is 29.3 Å². The quantitative estimate of drug-likeness (QED) is 0.742. The number of amides is 1. The Morgan fingerprint density at radius 1 is 1.47 bits per heavy atom. The molecule has 0 fully saturated rings. The molecule has 17 heavy (non-hydrogen) atoms. The molecule has 2 N–H and O–H groups in total. The maximum atomic E-state index is 11.7. The minimum Gasteiger partial charge on any atom is -0.507 e. The van der Waals surface area contributed by atoms with Crippen molar-refractivity contribution in [2.24, 2.45) is 0 Å². The number of aryl methyl sites for hydroxylation is 1. The monoisotopic (exact) mass is 237 g/mol. The number of benzene rings is 1. The lowest BCUT2D eigenvalue weighted by atomic mass is 10.1. The second-order valence-corrected chi connectivity index (χ2v) is 3.83. The van der Waals surface area contributed by atoms with E-state index in [1.165, 1.54) is 0 Å². The molecule has 0 aliphatic carbocycles. The van der Waals surface area contributed by atoms with Crippen LogP contribution in [-0.2, 0) is 4.74 Å². The first-order chi connectivity index (χ1) is 8.15. The first-order valence-electron chi connectivity index (χ1n) is 5.80. The highest BCUT2D eigenvalue weighted by atomic mass is 16.5. The van der Waals surface area contributed by atoms with E-state index in [2.05, 4.69) is 5.32 Å². The van der Waals surface area contributed by atoms with Crippen molar-refractivity contribution in [1.29, 1.82) is 0 Å². The van der Waals surface area contributed by atoms with Gasteiger partial charge in [-0.3, -0.25) is 4.79 Å². The molecule has 0 aliphatic rings. The molecule has 94 valence electrons. The number of nitrogens with one attached hydrogen (secondary N) is 1. The van der Waals surface area contributed by atoms with Gasteiger partial charge in [-0.15, -0.1) is 0 Å². The predicted octanol–water partition coefficient (Wildman–Crippen LogP) is 1.86. The number of carbonyl (C=O) groups excluding carboxylic acids is 1. The van der Waals surface area contributed by atoms with Crippen LogP contribution in [0.15, 0.2) is 18.2 Å². The van der Waals surface area contributed by atoms with Crippen molar-refractivity contribution in [2.75, 3.05) is 19.8 Å². The molecule has 1 aromatic carbocycles. The zero-order valence-corrected chi connectivity index (χ0v) is 10.3. The average Bonchev–Trinajstić information content (AvgIpc) is 2.28. The Hall–Kier alpha value is -1.55. The van der Waals surface area contributed by atoms with Crippen LogP contribution in [0.5, 0.6) is 5.75 Å². The van der Waals surface area contributed by atoms with Gasteiger partial charge >= 0.3 is 0 Å². The molecule has 0 spiro atoms. The van der Waals surface area contributed by atoms with Crippen molar-refractivity contribution in [2.45, 2.75) is 20.3 Å². The lowest BCUT2D eigenvalue weighted by Crippen LogP contribution is -2.25. The Kier molecular flexibility index (Phi) is 5.49. The molecule has 0 saturated carbocycles. The summed E-state index contributed by atoms with van der Waals surface area (Å²) < 4.78 is 5.16. The Bertz CT molecular complexity index is 377. The third kappa shape index (κ3) is 4.44. The van der Waals surface area contributed by atoms with Gasteiger partial charge in [0.25, 0.3) is 5.91 Å². The number of rotatable bonds is 6. The van der Waals surface area contributed by atoms with Crippen LogP contribution in [-0.4, -0.2) is 30.8 Å². The highest BCUT2D eigenvalue weighted by molar-refractivity contribution is 5.96. The minimum absolute atomic E-state index is 0.0207. The molecule has 1 rings (SSSR count). The summed E-state index contributed by atoms with van der Waals surface area (Å²) in [5.74, 6) is -0.230. The third-order valence-corrected chi connectivity index (χ3v) is 2.35. The summed E-state index contributed by atoms with van der Waals surface area (Å²) in [5, 5.41) is 12.4. The van der Waals surface area contributed by atoms with Crippen LogP contribution >= 0.6 is 0 Å². The lowest BCUT2D eigenvalue weighted by molar-refractivity contribution is 0.0941. The van der Waals surface area contributed by atoms with E-state index in [9.17, 15) is 9.90 Å². The Morgan fingerprint density at radius 3 is 2.88 bits per heavy atom. The summed E-state index contributed by atoms with van der Waals surface area (Å²) in [4.78, 5) is 11.7. The molecule has 0 aromatic heterocycles. The number of ether oxygens (including phenoxy) is 1. The predicted molar refractivity (Wildman–Crippen MR) is 66.3 cm³/mol. The molecular formula is C13H19NO3. The fourth-order valence-corrected chi connectivity index (χ4v) is 1.45. The van der Waals surface area contributed by atoms with Crippen LogP contribution in [0.3, 0.4) is 0 Å². The lowest BCUT2D eigenvalue weighted by Gasteiger charge is -2.07. The van der Waals surface area contributed by atoms with Gasteiger partial charge in [-0.2, -0.15) is 0 Å². The van der Waals surface area contributed by atoms with Gasteiger partial charge in [-0.1, -0.05) is 6.07 Å². The topological polar surface area (TPSA) is 58.6 Å². The van der Waals surface area contributed by atoms with Gasteiger partial charge < -0.3 is 15.2 Å². The van der Waals surface area contributed by atoms with Crippen molar-refractivity contribution in [3.8, 4) is 5.75 Å². The van der Waals surface area contributed by atoms with Crippen LogP contribution in [0.4, 0.5) is 0 Å². The smallest absolute Gasteiger partial charge is 0.255 e. The van der Waals surface area contributed by atoms with Gasteiger partial charge in [0, 0.05) is 19.8 Å². The summed E-state index contributed by atoms with van der Waals surface area (Å²) in [6.45, 7) is 5.67. The zero-order chi connectivity index (χ0) is 12.7. The van der Waals surface area contributed by atoms with Gasteiger partial charge in [0.1, 0.15) is 5.75 Å². The Balaban J connectivity index is 2.42. The summed E-state index contributed by atoms with van der Waals surface area (Å²) >= 11 is 0. The van der Waals surface area contributed by atoms with E-state index in [4.69, 9.17) is 4.74 Å². The van der Waals surface area contributed by atoms with Crippen LogP contribution < -0.4 is 5.32 Å². The van der Waals surface area contributed by atoms with E-state index >= 15 is 0 Å². The van der Waals surface area contributed by atoms with Gasteiger partial charge in [-0.25, -0.2) is 0 Å².